The molecule has 2 aromatic rings. The van der Waals surface area contributed by atoms with Crippen LogP contribution in [0.4, 0.5) is 0 Å². The summed E-state index contributed by atoms with van der Waals surface area (Å²) in [6.45, 7) is 0. The monoisotopic (exact) mass is 359 g/mol. The largest absolute Gasteiger partial charge is 0.497 e. The smallest absolute Gasteiger partial charge is 0.224 e. The highest BCUT2D eigenvalue weighted by Crippen LogP contribution is 2.26. The zero-order valence-electron chi connectivity index (χ0n) is 14.0. The second kappa shape index (κ2) is 7.27. The van der Waals surface area contributed by atoms with Crippen LogP contribution in [-0.4, -0.2) is 32.9 Å². The predicted octanol–water partition coefficient (Wildman–Crippen LogP) is 2.34. The first-order chi connectivity index (χ1) is 12.0. The number of hydrogen-bond acceptors (Lipinski definition) is 4. The van der Waals surface area contributed by atoms with Gasteiger partial charge in [0.2, 0.25) is 5.91 Å². The van der Waals surface area contributed by atoms with Crippen LogP contribution in [0.3, 0.4) is 0 Å². The standard InChI is InChI=1S/C19H21NO4S/c1-24-17-9-7-15(8-10-17)18(14-5-3-2-4-6-14)20-19(21)16-11-12-25(22,23)13-16/h2-10,16,18H,11-13H2,1H3,(H,20,21). The number of hydrogen-bond donors (Lipinski definition) is 1. The molecule has 1 saturated heterocycles. The first kappa shape index (κ1) is 17.5. The van der Waals surface area contributed by atoms with E-state index < -0.39 is 15.8 Å². The van der Waals surface area contributed by atoms with Crippen LogP contribution in [0.25, 0.3) is 0 Å². The molecule has 1 N–H and O–H groups in total. The molecule has 0 bridgehead atoms. The summed E-state index contributed by atoms with van der Waals surface area (Å²) >= 11 is 0. The van der Waals surface area contributed by atoms with Crippen LogP contribution >= 0.6 is 0 Å². The van der Waals surface area contributed by atoms with Gasteiger partial charge in [0.05, 0.1) is 30.6 Å². The third-order valence-corrected chi connectivity index (χ3v) is 6.24. The van der Waals surface area contributed by atoms with Gasteiger partial charge in [-0.1, -0.05) is 42.5 Å². The third kappa shape index (κ3) is 4.20. The molecule has 0 radical (unpaired) electrons. The van der Waals surface area contributed by atoms with Crippen molar-refractivity contribution in [1.29, 1.82) is 0 Å². The van der Waals surface area contributed by atoms with Crippen LogP contribution in [0.15, 0.2) is 54.6 Å². The first-order valence-electron chi connectivity index (χ1n) is 8.18. The molecule has 0 aliphatic carbocycles. The van der Waals surface area contributed by atoms with Gasteiger partial charge >= 0.3 is 0 Å². The zero-order valence-corrected chi connectivity index (χ0v) is 14.8. The second-order valence-corrected chi connectivity index (χ2v) is 8.45. The molecule has 6 heteroatoms. The molecule has 2 aromatic carbocycles. The lowest BCUT2D eigenvalue weighted by molar-refractivity contribution is -0.124. The minimum Gasteiger partial charge on any atom is -0.497 e. The average molecular weight is 359 g/mol. The predicted molar refractivity (Wildman–Crippen MR) is 96.2 cm³/mol. The molecule has 1 aliphatic heterocycles. The van der Waals surface area contributed by atoms with Gasteiger partial charge in [-0.05, 0) is 29.7 Å². The molecule has 5 nitrogen and oxygen atoms in total. The Bertz CT molecular complexity index is 831. The van der Waals surface area contributed by atoms with Crippen LogP contribution < -0.4 is 10.1 Å². The minimum absolute atomic E-state index is 0.0665. The Hall–Kier alpha value is -2.34. The maximum absolute atomic E-state index is 12.6. The van der Waals surface area contributed by atoms with Crippen molar-refractivity contribution in [1.82, 2.24) is 5.32 Å². The maximum atomic E-state index is 12.6. The molecule has 25 heavy (non-hydrogen) atoms. The number of benzene rings is 2. The molecule has 1 amide bonds. The quantitative estimate of drug-likeness (QED) is 0.889. The number of methoxy groups -OCH3 is 1. The van der Waals surface area contributed by atoms with E-state index in [1.165, 1.54) is 0 Å². The van der Waals surface area contributed by atoms with E-state index in [0.29, 0.717) is 6.42 Å². The third-order valence-electron chi connectivity index (χ3n) is 4.47. The summed E-state index contributed by atoms with van der Waals surface area (Å²) in [7, 11) is -1.49. The minimum atomic E-state index is -3.09. The highest BCUT2D eigenvalue weighted by molar-refractivity contribution is 7.91. The molecular formula is C19H21NO4S. The molecule has 2 atom stereocenters. The summed E-state index contributed by atoms with van der Waals surface area (Å²) in [6, 6.07) is 16.8. The van der Waals surface area contributed by atoms with E-state index in [1.807, 2.05) is 54.6 Å². The van der Waals surface area contributed by atoms with Crippen LogP contribution in [-0.2, 0) is 14.6 Å². The van der Waals surface area contributed by atoms with Crippen molar-refractivity contribution in [3.05, 3.63) is 65.7 Å². The number of nitrogens with one attached hydrogen (secondary N) is 1. The van der Waals surface area contributed by atoms with Crippen LogP contribution in [0.2, 0.25) is 0 Å². The van der Waals surface area contributed by atoms with Crippen molar-refractivity contribution in [3.8, 4) is 5.75 Å². The molecular weight excluding hydrogens is 338 g/mol. The highest BCUT2D eigenvalue weighted by atomic mass is 32.2. The van der Waals surface area contributed by atoms with Crippen LogP contribution in [0.5, 0.6) is 5.75 Å². The number of ether oxygens (including phenoxy) is 1. The van der Waals surface area contributed by atoms with E-state index in [-0.39, 0.29) is 23.5 Å². The van der Waals surface area contributed by atoms with Gasteiger partial charge in [0.1, 0.15) is 5.75 Å². The lowest BCUT2D eigenvalue weighted by atomic mass is 9.97. The van der Waals surface area contributed by atoms with Crippen molar-refractivity contribution in [2.45, 2.75) is 12.5 Å². The maximum Gasteiger partial charge on any atom is 0.224 e. The number of carbonyl (C=O) groups excluding carboxylic acids is 1. The van der Waals surface area contributed by atoms with Gasteiger partial charge in [0.15, 0.2) is 9.84 Å². The average Bonchev–Trinajstić information content (AvgIpc) is 3.00. The van der Waals surface area contributed by atoms with Crippen LogP contribution in [0, 0.1) is 5.92 Å². The van der Waals surface area contributed by atoms with Gasteiger partial charge in [0.25, 0.3) is 0 Å². The Labute approximate surface area is 147 Å². The van der Waals surface area contributed by atoms with Gasteiger partial charge in [-0.3, -0.25) is 4.79 Å². The summed E-state index contributed by atoms with van der Waals surface area (Å²) in [5, 5.41) is 3.02. The Kier molecular flexibility index (Phi) is 5.08. The molecule has 1 heterocycles. The molecule has 1 fully saturated rings. The molecule has 0 spiro atoms. The normalized spacial score (nSPS) is 20.0. The van der Waals surface area contributed by atoms with Gasteiger partial charge < -0.3 is 10.1 Å². The lowest BCUT2D eigenvalue weighted by Gasteiger charge is -2.22. The molecule has 3 rings (SSSR count). The van der Waals surface area contributed by atoms with Gasteiger partial charge in [-0.2, -0.15) is 0 Å². The number of carbonyl (C=O) groups is 1. The summed E-state index contributed by atoms with van der Waals surface area (Å²) in [4.78, 5) is 12.6. The van der Waals surface area contributed by atoms with Crippen molar-refractivity contribution >= 4 is 15.7 Å². The number of amides is 1. The Morgan fingerprint density at radius 2 is 1.72 bits per heavy atom. The van der Waals surface area contributed by atoms with E-state index in [2.05, 4.69) is 5.32 Å². The fourth-order valence-corrected chi connectivity index (χ4v) is 4.80. The number of rotatable bonds is 5. The molecule has 1 aliphatic rings. The summed E-state index contributed by atoms with van der Waals surface area (Å²) in [6.07, 6.45) is 0.387. The molecule has 0 saturated carbocycles. The van der Waals surface area contributed by atoms with Crippen LogP contribution in [0.1, 0.15) is 23.6 Å². The summed E-state index contributed by atoms with van der Waals surface area (Å²) in [5.41, 5.74) is 1.86. The van der Waals surface area contributed by atoms with E-state index in [9.17, 15) is 13.2 Å². The second-order valence-electron chi connectivity index (χ2n) is 6.23. The van der Waals surface area contributed by atoms with Crippen molar-refractivity contribution < 1.29 is 17.9 Å². The Balaban J connectivity index is 1.85. The van der Waals surface area contributed by atoms with Gasteiger partial charge in [-0.25, -0.2) is 8.42 Å². The highest BCUT2D eigenvalue weighted by Gasteiger charge is 2.34. The van der Waals surface area contributed by atoms with E-state index in [1.54, 1.807) is 7.11 Å². The Morgan fingerprint density at radius 1 is 1.08 bits per heavy atom. The van der Waals surface area contributed by atoms with Gasteiger partial charge in [0, 0.05) is 0 Å². The van der Waals surface area contributed by atoms with Crippen molar-refractivity contribution in [2.24, 2.45) is 5.92 Å². The Morgan fingerprint density at radius 3 is 2.28 bits per heavy atom. The van der Waals surface area contributed by atoms with E-state index in [4.69, 9.17) is 4.74 Å². The molecule has 2 unspecified atom stereocenters. The van der Waals surface area contributed by atoms with Gasteiger partial charge in [-0.15, -0.1) is 0 Å². The molecule has 0 aromatic heterocycles. The molecule has 132 valence electrons. The van der Waals surface area contributed by atoms with Crippen molar-refractivity contribution in [2.75, 3.05) is 18.6 Å². The van der Waals surface area contributed by atoms with E-state index in [0.717, 1.165) is 16.9 Å². The fourth-order valence-electron chi connectivity index (χ4n) is 3.06. The SMILES string of the molecule is COc1ccc(C(NC(=O)C2CCS(=O)(=O)C2)c2ccccc2)cc1. The van der Waals surface area contributed by atoms with E-state index >= 15 is 0 Å². The summed E-state index contributed by atoms with van der Waals surface area (Å²) < 4.78 is 28.5. The first-order valence-corrected chi connectivity index (χ1v) is 10.0. The summed E-state index contributed by atoms with van der Waals surface area (Å²) in [5.74, 6) is 0.0658. The zero-order chi connectivity index (χ0) is 17.9. The van der Waals surface area contributed by atoms with Crippen molar-refractivity contribution in [3.63, 3.8) is 0 Å². The lowest BCUT2D eigenvalue weighted by Crippen LogP contribution is -2.35. The number of sulfone groups is 1. The fraction of sp³-hybridized carbons (Fsp3) is 0.316. The topological polar surface area (TPSA) is 72.5 Å².